The number of aromatic carboxylic acids is 1. The Kier molecular flexibility index (Phi) is 3.42. The lowest BCUT2D eigenvalue weighted by Crippen LogP contribution is -2.24. The van der Waals surface area contributed by atoms with E-state index in [4.69, 9.17) is 10.8 Å². The average molecular weight is 261 g/mol. The van der Waals surface area contributed by atoms with Crippen LogP contribution >= 0.6 is 0 Å². The van der Waals surface area contributed by atoms with Crippen LogP contribution in [0.3, 0.4) is 0 Å². The van der Waals surface area contributed by atoms with Crippen molar-refractivity contribution < 1.29 is 14.7 Å². The van der Waals surface area contributed by atoms with Gasteiger partial charge in [-0.05, 0) is 17.7 Å². The Morgan fingerprint density at radius 3 is 2.84 bits per heavy atom. The number of nitrogens with one attached hydrogen (secondary N) is 2. The molecule has 19 heavy (non-hydrogen) atoms. The number of hydrogen-bond acceptors (Lipinski definition) is 5. The Morgan fingerprint density at radius 1 is 1.42 bits per heavy atom. The first-order valence-corrected chi connectivity index (χ1v) is 5.34. The normalized spacial score (nSPS) is 10.1. The molecule has 0 aliphatic heterocycles. The minimum atomic E-state index is -1.02. The number of rotatable bonds is 4. The van der Waals surface area contributed by atoms with E-state index in [0.717, 1.165) is 0 Å². The highest BCUT2D eigenvalue weighted by Gasteiger charge is 2.10. The molecular weight excluding hydrogens is 250 g/mol. The van der Waals surface area contributed by atoms with Crippen molar-refractivity contribution >= 4 is 17.8 Å². The van der Waals surface area contributed by atoms with Gasteiger partial charge in [0, 0.05) is 6.54 Å². The van der Waals surface area contributed by atoms with Gasteiger partial charge in [-0.2, -0.15) is 4.98 Å². The number of nitrogens with zero attached hydrogens (tertiary/aromatic N) is 2. The monoisotopic (exact) mass is 261 g/mol. The zero-order valence-electron chi connectivity index (χ0n) is 9.75. The number of nitrogens with two attached hydrogens (primary N) is 1. The van der Waals surface area contributed by atoms with Crippen molar-refractivity contribution in [2.75, 3.05) is 5.73 Å². The lowest BCUT2D eigenvalue weighted by atomic mass is 10.1. The fraction of sp³-hybridized carbons (Fsp3) is 0.0909. The maximum atomic E-state index is 11.6. The van der Waals surface area contributed by atoms with E-state index in [-0.39, 0.29) is 23.9 Å². The standard InChI is InChI=1S/C11H11N5O3/c12-11-14-8(15-16-11)9(17)13-5-6-2-1-3-7(4-6)10(18)19/h1-4H,5H2,(H,13,17)(H,18,19)(H3,12,14,15,16). The maximum absolute atomic E-state index is 11.6. The molecule has 0 saturated heterocycles. The molecule has 0 aliphatic rings. The molecule has 1 amide bonds. The lowest BCUT2D eigenvalue weighted by Gasteiger charge is -2.04. The number of carbonyl (C=O) groups excluding carboxylic acids is 1. The highest BCUT2D eigenvalue weighted by Crippen LogP contribution is 2.05. The molecular formula is C11H11N5O3. The summed E-state index contributed by atoms with van der Waals surface area (Å²) in [6, 6.07) is 6.28. The number of H-pyrrole nitrogens is 1. The fourth-order valence-corrected chi connectivity index (χ4v) is 1.46. The number of amides is 1. The van der Waals surface area contributed by atoms with Crippen molar-refractivity contribution in [1.82, 2.24) is 20.5 Å². The van der Waals surface area contributed by atoms with Gasteiger partial charge in [0.2, 0.25) is 11.8 Å². The van der Waals surface area contributed by atoms with Crippen molar-refractivity contribution in [3.8, 4) is 0 Å². The second kappa shape index (κ2) is 5.17. The van der Waals surface area contributed by atoms with E-state index in [1.807, 2.05) is 0 Å². The highest BCUT2D eigenvalue weighted by molar-refractivity contribution is 5.90. The summed E-state index contributed by atoms with van der Waals surface area (Å²) >= 11 is 0. The van der Waals surface area contributed by atoms with E-state index < -0.39 is 11.9 Å². The summed E-state index contributed by atoms with van der Waals surface area (Å²) in [5, 5.41) is 17.3. The topological polar surface area (TPSA) is 134 Å². The molecule has 1 aromatic carbocycles. The third-order valence-electron chi connectivity index (χ3n) is 2.34. The van der Waals surface area contributed by atoms with Crippen molar-refractivity contribution in [2.45, 2.75) is 6.54 Å². The molecule has 2 aromatic rings. The van der Waals surface area contributed by atoms with E-state index >= 15 is 0 Å². The first-order chi connectivity index (χ1) is 9.06. The summed E-state index contributed by atoms with van der Waals surface area (Å²) in [6.45, 7) is 0.181. The zero-order valence-corrected chi connectivity index (χ0v) is 9.75. The molecule has 8 nitrogen and oxygen atoms in total. The molecule has 0 fully saturated rings. The number of hydrogen-bond donors (Lipinski definition) is 4. The van der Waals surface area contributed by atoms with Gasteiger partial charge in [-0.15, -0.1) is 5.10 Å². The predicted molar refractivity (Wildman–Crippen MR) is 65.4 cm³/mol. The second-order valence-corrected chi connectivity index (χ2v) is 3.73. The Labute approximate surface area is 107 Å². The highest BCUT2D eigenvalue weighted by atomic mass is 16.4. The number of aromatic nitrogens is 3. The number of carbonyl (C=O) groups is 2. The largest absolute Gasteiger partial charge is 0.478 e. The summed E-state index contributed by atoms with van der Waals surface area (Å²) < 4.78 is 0. The fourth-order valence-electron chi connectivity index (χ4n) is 1.46. The van der Waals surface area contributed by atoms with E-state index in [1.165, 1.54) is 12.1 Å². The van der Waals surface area contributed by atoms with Gasteiger partial charge in [0.1, 0.15) is 0 Å². The van der Waals surface area contributed by atoms with E-state index in [1.54, 1.807) is 12.1 Å². The number of carboxylic acids is 1. The van der Waals surface area contributed by atoms with Crippen LogP contribution in [-0.2, 0) is 6.54 Å². The van der Waals surface area contributed by atoms with Gasteiger partial charge in [-0.25, -0.2) is 4.79 Å². The molecule has 8 heteroatoms. The number of aromatic amines is 1. The van der Waals surface area contributed by atoms with Gasteiger partial charge in [0.15, 0.2) is 0 Å². The number of carboxylic acid groups (broad SMARTS) is 1. The average Bonchev–Trinajstić information content (AvgIpc) is 2.83. The Morgan fingerprint density at radius 2 is 2.21 bits per heavy atom. The predicted octanol–water partition coefficient (Wildman–Crippen LogP) is 0.0151. The van der Waals surface area contributed by atoms with Gasteiger partial charge in [0.05, 0.1) is 5.56 Å². The lowest BCUT2D eigenvalue weighted by molar-refractivity contribution is 0.0696. The second-order valence-electron chi connectivity index (χ2n) is 3.73. The van der Waals surface area contributed by atoms with Crippen LogP contribution in [0.1, 0.15) is 26.5 Å². The quantitative estimate of drug-likeness (QED) is 0.612. The Hall–Kier alpha value is -2.90. The minimum Gasteiger partial charge on any atom is -0.478 e. The van der Waals surface area contributed by atoms with Gasteiger partial charge in [-0.1, -0.05) is 12.1 Å². The molecule has 5 N–H and O–H groups in total. The van der Waals surface area contributed by atoms with Gasteiger partial charge >= 0.3 is 5.97 Å². The van der Waals surface area contributed by atoms with Crippen LogP contribution in [-0.4, -0.2) is 32.2 Å². The summed E-state index contributed by atoms with van der Waals surface area (Å²) in [7, 11) is 0. The molecule has 1 heterocycles. The molecule has 98 valence electrons. The molecule has 0 atom stereocenters. The van der Waals surface area contributed by atoms with Crippen molar-refractivity contribution in [3.05, 3.63) is 41.2 Å². The van der Waals surface area contributed by atoms with Crippen LogP contribution in [0.15, 0.2) is 24.3 Å². The summed E-state index contributed by atoms with van der Waals surface area (Å²) in [5.41, 5.74) is 6.11. The smallest absolute Gasteiger partial charge is 0.335 e. The van der Waals surface area contributed by atoms with Gasteiger partial charge in [0.25, 0.3) is 5.91 Å². The molecule has 0 spiro atoms. The Bertz CT molecular complexity index is 622. The minimum absolute atomic E-state index is 0.00638. The van der Waals surface area contributed by atoms with E-state index in [2.05, 4.69) is 20.5 Å². The van der Waals surface area contributed by atoms with Crippen LogP contribution in [0.4, 0.5) is 5.95 Å². The summed E-state index contributed by atoms with van der Waals surface area (Å²) in [4.78, 5) is 26.1. The first-order valence-electron chi connectivity index (χ1n) is 5.34. The van der Waals surface area contributed by atoms with E-state index in [9.17, 15) is 9.59 Å². The molecule has 2 rings (SSSR count). The van der Waals surface area contributed by atoms with Crippen LogP contribution < -0.4 is 11.1 Å². The third kappa shape index (κ3) is 3.06. The maximum Gasteiger partial charge on any atom is 0.335 e. The zero-order chi connectivity index (χ0) is 13.8. The summed E-state index contributed by atoms with van der Waals surface area (Å²) in [6.07, 6.45) is 0. The molecule has 0 saturated carbocycles. The van der Waals surface area contributed by atoms with Crippen molar-refractivity contribution in [2.24, 2.45) is 0 Å². The van der Waals surface area contributed by atoms with Gasteiger partial charge < -0.3 is 16.2 Å². The summed E-state index contributed by atoms with van der Waals surface area (Å²) in [5.74, 6) is -1.49. The molecule has 1 aromatic heterocycles. The SMILES string of the molecule is Nc1n[nH]c(C(=O)NCc2cccc(C(=O)O)c2)n1. The van der Waals surface area contributed by atoms with Crippen molar-refractivity contribution in [3.63, 3.8) is 0 Å². The molecule has 0 aliphatic carbocycles. The Balaban J connectivity index is 2.01. The third-order valence-corrected chi connectivity index (χ3v) is 2.34. The van der Waals surface area contributed by atoms with Crippen LogP contribution in [0.2, 0.25) is 0 Å². The van der Waals surface area contributed by atoms with E-state index in [0.29, 0.717) is 5.56 Å². The van der Waals surface area contributed by atoms with Crippen LogP contribution in [0, 0.1) is 0 Å². The first kappa shape index (κ1) is 12.6. The molecule has 0 radical (unpaired) electrons. The number of benzene rings is 1. The number of nitrogen functional groups attached to an aromatic ring is 1. The van der Waals surface area contributed by atoms with Crippen LogP contribution in [0.25, 0.3) is 0 Å². The molecule has 0 unspecified atom stereocenters. The van der Waals surface area contributed by atoms with Crippen LogP contribution in [0.5, 0.6) is 0 Å². The van der Waals surface area contributed by atoms with Gasteiger partial charge in [-0.3, -0.25) is 9.89 Å². The number of anilines is 1. The molecule has 0 bridgehead atoms. The van der Waals surface area contributed by atoms with Crippen molar-refractivity contribution in [1.29, 1.82) is 0 Å².